The number of hydrogen-bond donors (Lipinski definition) is 0. The molecule has 2 aromatic carbocycles. The molecule has 0 bridgehead atoms. The molecule has 4 aromatic rings. The van der Waals surface area contributed by atoms with Gasteiger partial charge in [0.2, 0.25) is 0 Å². The topological polar surface area (TPSA) is 104 Å². The lowest BCUT2D eigenvalue weighted by Gasteiger charge is -2.12. The Morgan fingerprint density at radius 1 is 1.10 bits per heavy atom. The van der Waals surface area contributed by atoms with Gasteiger partial charge in [0, 0.05) is 35.7 Å². The van der Waals surface area contributed by atoms with E-state index in [0.29, 0.717) is 11.0 Å². The summed E-state index contributed by atoms with van der Waals surface area (Å²) in [6.07, 6.45) is 3.40. The molecule has 154 valence electrons. The molecule has 2 aromatic heterocycles. The maximum absolute atomic E-state index is 12.7. The SMILES string of the molecule is Cc1ccccc1-n1c(SCC(=O)c2cccc([N+](=O)[O-])c2)nnc1-c1cccnc1. The number of aryl methyl sites for hydroxylation is 1. The Labute approximate surface area is 182 Å². The van der Waals surface area contributed by atoms with Crippen molar-refractivity contribution in [2.75, 3.05) is 5.75 Å². The van der Waals surface area contributed by atoms with Gasteiger partial charge in [0.25, 0.3) is 5.69 Å². The van der Waals surface area contributed by atoms with Crippen LogP contribution in [0.3, 0.4) is 0 Å². The van der Waals surface area contributed by atoms with Crippen molar-refractivity contribution in [3.63, 3.8) is 0 Å². The predicted octanol–water partition coefficient (Wildman–Crippen LogP) is 4.52. The zero-order valence-corrected chi connectivity index (χ0v) is 17.3. The highest BCUT2D eigenvalue weighted by Crippen LogP contribution is 2.29. The minimum Gasteiger partial charge on any atom is -0.293 e. The second-order valence-corrected chi connectivity index (χ2v) is 7.63. The predicted molar refractivity (Wildman–Crippen MR) is 117 cm³/mol. The molecule has 0 unspecified atom stereocenters. The van der Waals surface area contributed by atoms with Crippen LogP contribution in [0.2, 0.25) is 0 Å². The average Bonchev–Trinajstić information content (AvgIpc) is 3.22. The van der Waals surface area contributed by atoms with E-state index in [2.05, 4.69) is 15.2 Å². The number of benzene rings is 2. The lowest BCUT2D eigenvalue weighted by atomic mass is 10.1. The first-order chi connectivity index (χ1) is 15.0. The van der Waals surface area contributed by atoms with Crippen LogP contribution in [0.4, 0.5) is 5.69 Å². The summed E-state index contributed by atoms with van der Waals surface area (Å²) in [7, 11) is 0. The van der Waals surface area contributed by atoms with E-state index in [4.69, 9.17) is 0 Å². The van der Waals surface area contributed by atoms with Gasteiger partial charge in [0.15, 0.2) is 16.8 Å². The monoisotopic (exact) mass is 431 g/mol. The number of Topliss-reactive ketones (excluding diaryl/α,β-unsaturated/α-hetero) is 1. The van der Waals surface area contributed by atoms with Crippen LogP contribution in [0.25, 0.3) is 17.1 Å². The maximum Gasteiger partial charge on any atom is 0.270 e. The van der Waals surface area contributed by atoms with E-state index in [1.54, 1.807) is 18.5 Å². The van der Waals surface area contributed by atoms with Crippen LogP contribution in [0, 0.1) is 17.0 Å². The molecular formula is C22H17N5O3S. The Bertz CT molecular complexity index is 1260. The number of aromatic nitrogens is 4. The smallest absolute Gasteiger partial charge is 0.270 e. The molecule has 0 radical (unpaired) electrons. The number of para-hydroxylation sites is 1. The van der Waals surface area contributed by atoms with Crippen molar-refractivity contribution in [1.82, 2.24) is 19.7 Å². The highest BCUT2D eigenvalue weighted by atomic mass is 32.2. The maximum atomic E-state index is 12.7. The van der Waals surface area contributed by atoms with Crippen molar-refractivity contribution in [2.24, 2.45) is 0 Å². The number of carbonyl (C=O) groups is 1. The van der Waals surface area contributed by atoms with E-state index in [1.807, 2.05) is 47.9 Å². The van der Waals surface area contributed by atoms with Crippen molar-refractivity contribution >= 4 is 23.2 Å². The van der Waals surface area contributed by atoms with Crippen molar-refractivity contribution in [2.45, 2.75) is 12.1 Å². The van der Waals surface area contributed by atoms with E-state index in [9.17, 15) is 14.9 Å². The molecule has 31 heavy (non-hydrogen) atoms. The van der Waals surface area contributed by atoms with E-state index >= 15 is 0 Å². The average molecular weight is 431 g/mol. The fourth-order valence-electron chi connectivity index (χ4n) is 3.08. The lowest BCUT2D eigenvalue weighted by molar-refractivity contribution is -0.384. The Balaban J connectivity index is 1.67. The highest BCUT2D eigenvalue weighted by molar-refractivity contribution is 7.99. The van der Waals surface area contributed by atoms with Crippen LogP contribution in [0.5, 0.6) is 0 Å². The molecule has 2 heterocycles. The van der Waals surface area contributed by atoms with Crippen LogP contribution in [-0.4, -0.2) is 36.2 Å². The number of nitro benzene ring substituents is 1. The van der Waals surface area contributed by atoms with E-state index in [-0.39, 0.29) is 22.8 Å². The number of hydrogen-bond acceptors (Lipinski definition) is 7. The second-order valence-electron chi connectivity index (χ2n) is 6.69. The van der Waals surface area contributed by atoms with Crippen LogP contribution in [0.15, 0.2) is 78.2 Å². The first kappa shape index (κ1) is 20.4. The van der Waals surface area contributed by atoms with Gasteiger partial charge in [-0.1, -0.05) is 42.1 Å². The summed E-state index contributed by atoms with van der Waals surface area (Å²) in [5.74, 6) is 0.460. The number of nitro groups is 1. The molecule has 0 saturated heterocycles. The van der Waals surface area contributed by atoms with Crippen LogP contribution < -0.4 is 0 Å². The molecule has 0 amide bonds. The van der Waals surface area contributed by atoms with Gasteiger partial charge in [-0.3, -0.25) is 24.5 Å². The molecule has 9 heteroatoms. The summed E-state index contributed by atoms with van der Waals surface area (Å²) in [4.78, 5) is 27.3. The molecule has 4 rings (SSSR count). The molecule has 0 aliphatic carbocycles. The number of pyridine rings is 1. The van der Waals surface area contributed by atoms with Gasteiger partial charge < -0.3 is 0 Å². The third-order valence-electron chi connectivity index (χ3n) is 4.62. The van der Waals surface area contributed by atoms with Crippen molar-refractivity contribution < 1.29 is 9.72 Å². The summed E-state index contributed by atoms with van der Waals surface area (Å²) in [6.45, 7) is 1.99. The summed E-state index contributed by atoms with van der Waals surface area (Å²) >= 11 is 1.23. The largest absolute Gasteiger partial charge is 0.293 e. The zero-order valence-electron chi connectivity index (χ0n) is 16.5. The number of rotatable bonds is 7. The quantitative estimate of drug-likeness (QED) is 0.183. The van der Waals surface area contributed by atoms with Crippen molar-refractivity contribution in [3.8, 4) is 17.1 Å². The van der Waals surface area contributed by atoms with Gasteiger partial charge in [-0.2, -0.15) is 0 Å². The number of thioether (sulfide) groups is 1. The van der Waals surface area contributed by atoms with Crippen LogP contribution in [-0.2, 0) is 0 Å². The summed E-state index contributed by atoms with van der Waals surface area (Å²) in [5, 5.41) is 20.2. The fraction of sp³-hybridized carbons (Fsp3) is 0.0909. The molecule has 0 aliphatic heterocycles. The van der Waals surface area contributed by atoms with Gasteiger partial charge in [-0.05, 0) is 30.7 Å². The summed E-state index contributed by atoms with van der Waals surface area (Å²) in [5.41, 5.74) is 2.90. The van der Waals surface area contributed by atoms with E-state index in [0.717, 1.165) is 16.8 Å². The van der Waals surface area contributed by atoms with Crippen LogP contribution >= 0.6 is 11.8 Å². The second kappa shape index (κ2) is 8.88. The van der Waals surface area contributed by atoms with Crippen LogP contribution in [0.1, 0.15) is 15.9 Å². The summed E-state index contributed by atoms with van der Waals surface area (Å²) in [6, 6.07) is 17.3. The Kier molecular flexibility index (Phi) is 5.85. The van der Waals surface area contributed by atoms with Gasteiger partial charge in [-0.25, -0.2) is 0 Å². The number of carbonyl (C=O) groups excluding carboxylic acids is 1. The minimum atomic E-state index is -0.515. The van der Waals surface area contributed by atoms with Gasteiger partial charge in [0.05, 0.1) is 16.4 Å². The molecule has 0 aliphatic rings. The number of non-ortho nitro benzene ring substituents is 1. The standard InChI is InChI=1S/C22H17N5O3S/c1-15-6-2-3-10-19(15)26-21(17-8-5-11-23-13-17)24-25-22(26)31-14-20(28)16-7-4-9-18(12-16)27(29)30/h2-13H,14H2,1H3. The normalized spacial score (nSPS) is 10.7. The van der Waals surface area contributed by atoms with Crippen molar-refractivity contribution in [3.05, 3.63) is 94.3 Å². The molecule has 0 N–H and O–H groups in total. The fourth-order valence-corrected chi connectivity index (χ4v) is 3.92. The van der Waals surface area contributed by atoms with E-state index in [1.165, 1.54) is 30.0 Å². The Morgan fingerprint density at radius 2 is 1.94 bits per heavy atom. The Morgan fingerprint density at radius 3 is 2.68 bits per heavy atom. The third kappa shape index (κ3) is 4.36. The third-order valence-corrected chi connectivity index (χ3v) is 5.55. The number of ketones is 1. The molecule has 0 spiro atoms. The lowest BCUT2D eigenvalue weighted by Crippen LogP contribution is -2.06. The molecule has 0 fully saturated rings. The van der Waals surface area contributed by atoms with Gasteiger partial charge >= 0.3 is 0 Å². The first-order valence-electron chi connectivity index (χ1n) is 9.37. The van der Waals surface area contributed by atoms with Gasteiger partial charge in [0.1, 0.15) is 0 Å². The molecule has 8 nitrogen and oxygen atoms in total. The molecule has 0 saturated carbocycles. The number of nitrogens with zero attached hydrogens (tertiary/aromatic N) is 5. The van der Waals surface area contributed by atoms with E-state index < -0.39 is 4.92 Å². The molecular weight excluding hydrogens is 414 g/mol. The minimum absolute atomic E-state index is 0.0677. The highest BCUT2D eigenvalue weighted by Gasteiger charge is 2.19. The first-order valence-corrected chi connectivity index (χ1v) is 10.4. The van der Waals surface area contributed by atoms with Gasteiger partial charge in [-0.15, -0.1) is 10.2 Å². The van der Waals surface area contributed by atoms with Crippen molar-refractivity contribution in [1.29, 1.82) is 0 Å². The Hall–Kier alpha value is -3.85. The zero-order chi connectivity index (χ0) is 21.8. The molecule has 0 atom stereocenters. The summed E-state index contributed by atoms with van der Waals surface area (Å²) < 4.78 is 1.90.